The average molecular weight is 319 g/mol. The summed E-state index contributed by atoms with van der Waals surface area (Å²) in [5.41, 5.74) is -0.342. The van der Waals surface area contributed by atoms with Gasteiger partial charge in [0.1, 0.15) is 17.6 Å². The van der Waals surface area contributed by atoms with Crippen LogP contribution >= 0.6 is 0 Å². The molecule has 1 heterocycles. The van der Waals surface area contributed by atoms with Crippen LogP contribution in [0, 0.1) is 17.1 Å². The lowest BCUT2D eigenvalue weighted by Gasteiger charge is -2.15. The van der Waals surface area contributed by atoms with Gasteiger partial charge in [-0.05, 0) is 12.1 Å². The van der Waals surface area contributed by atoms with Gasteiger partial charge in [0.2, 0.25) is 0 Å². The first-order valence-corrected chi connectivity index (χ1v) is 6.70. The first-order chi connectivity index (χ1) is 11.0. The number of ether oxygens (including phenoxy) is 1. The van der Waals surface area contributed by atoms with E-state index in [0.29, 0.717) is 0 Å². The maximum absolute atomic E-state index is 14.0. The van der Waals surface area contributed by atoms with Crippen LogP contribution in [0.2, 0.25) is 0 Å². The molecule has 0 atom stereocenters. The fraction of sp³-hybridized carbons (Fsp3) is 0.267. The quantitative estimate of drug-likeness (QED) is 0.760. The maximum atomic E-state index is 14.0. The molecule has 0 spiro atoms. The lowest BCUT2D eigenvalue weighted by molar-refractivity contribution is -0.136. The molecule has 8 heteroatoms. The Labute approximate surface area is 131 Å². The molecule has 0 bridgehead atoms. The highest BCUT2D eigenvalue weighted by molar-refractivity contribution is 6.08. The molecule has 120 valence electrons. The van der Waals surface area contributed by atoms with Crippen molar-refractivity contribution in [1.29, 1.82) is 5.26 Å². The number of amides is 1. The average Bonchev–Trinajstić information content (AvgIpc) is 2.85. The van der Waals surface area contributed by atoms with Gasteiger partial charge < -0.3 is 20.1 Å². The predicted molar refractivity (Wildman–Crippen MR) is 77.4 cm³/mol. The molecule has 0 saturated heterocycles. The highest BCUT2D eigenvalue weighted by Crippen LogP contribution is 2.26. The number of carbonyl (C=O) groups is 2. The summed E-state index contributed by atoms with van der Waals surface area (Å²) in [6, 6.07) is 5.69. The minimum absolute atomic E-state index is 0.00451. The molecule has 0 aromatic heterocycles. The van der Waals surface area contributed by atoms with Crippen molar-refractivity contribution in [3.05, 3.63) is 40.8 Å². The number of benzene rings is 1. The number of aliphatic hydroxyl groups is 1. The standard InChI is InChI=1S/C15H14FN3O4/c1-23-15(22)10-8-19(5-6-20)14(21)13(10)18-12-9(7-17)3-2-4-11(12)16/h2-4,18,20H,5-6,8H2,1H3. The Bertz CT molecular complexity index is 724. The van der Waals surface area contributed by atoms with Crippen molar-refractivity contribution in [2.24, 2.45) is 0 Å². The van der Waals surface area contributed by atoms with Crippen molar-refractivity contribution in [2.45, 2.75) is 0 Å². The summed E-state index contributed by atoms with van der Waals surface area (Å²) in [5, 5.41) is 20.6. The van der Waals surface area contributed by atoms with Crippen molar-refractivity contribution >= 4 is 17.6 Å². The predicted octanol–water partition coefficient (Wildman–Crippen LogP) is 0.371. The van der Waals surface area contributed by atoms with Gasteiger partial charge in [-0.25, -0.2) is 9.18 Å². The van der Waals surface area contributed by atoms with Crippen molar-refractivity contribution in [2.75, 3.05) is 32.1 Å². The van der Waals surface area contributed by atoms with Crippen LogP contribution in [-0.2, 0) is 14.3 Å². The number of β-amino-alcohol motifs (C(OH)–C–C–N with tert-alkyl or cyclic N) is 1. The molecule has 2 N–H and O–H groups in total. The number of anilines is 1. The number of aliphatic hydroxyl groups excluding tert-OH is 1. The Kier molecular flexibility index (Phi) is 4.93. The van der Waals surface area contributed by atoms with Crippen molar-refractivity contribution in [1.82, 2.24) is 4.90 Å². The molecule has 0 aliphatic carbocycles. The zero-order chi connectivity index (χ0) is 17.0. The molecular formula is C15H14FN3O4. The van der Waals surface area contributed by atoms with E-state index in [1.807, 2.05) is 6.07 Å². The highest BCUT2D eigenvalue weighted by Gasteiger charge is 2.35. The molecule has 2 rings (SSSR count). The molecule has 1 aromatic carbocycles. The van der Waals surface area contributed by atoms with Crippen LogP contribution < -0.4 is 5.32 Å². The lowest BCUT2D eigenvalue weighted by Crippen LogP contribution is -2.31. The van der Waals surface area contributed by atoms with Gasteiger partial charge in [-0.1, -0.05) is 6.07 Å². The van der Waals surface area contributed by atoms with Gasteiger partial charge >= 0.3 is 5.97 Å². The molecule has 0 saturated carbocycles. The molecule has 1 aliphatic rings. The number of para-hydroxylation sites is 1. The number of hydrogen-bond acceptors (Lipinski definition) is 6. The number of methoxy groups -OCH3 is 1. The molecule has 1 amide bonds. The Morgan fingerprint density at radius 3 is 2.91 bits per heavy atom. The topological polar surface area (TPSA) is 103 Å². The van der Waals surface area contributed by atoms with Crippen molar-refractivity contribution in [3.8, 4) is 6.07 Å². The first-order valence-electron chi connectivity index (χ1n) is 6.70. The second-order valence-corrected chi connectivity index (χ2v) is 4.69. The number of hydrogen-bond donors (Lipinski definition) is 2. The van der Waals surface area contributed by atoms with Gasteiger partial charge in [-0.3, -0.25) is 4.79 Å². The van der Waals surface area contributed by atoms with Crippen LogP contribution in [0.4, 0.5) is 10.1 Å². The Hall–Kier alpha value is -2.92. The number of esters is 1. The third-order valence-electron chi connectivity index (χ3n) is 3.34. The van der Waals surface area contributed by atoms with E-state index in [1.54, 1.807) is 0 Å². The zero-order valence-electron chi connectivity index (χ0n) is 12.3. The van der Waals surface area contributed by atoms with Crippen LogP contribution in [0.15, 0.2) is 29.5 Å². The van der Waals surface area contributed by atoms with Gasteiger partial charge in [-0.2, -0.15) is 5.26 Å². The first kappa shape index (κ1) is 16.5. The Balaban J connectivity index is 2.44. The van der Waals surface area contributed by atoms with Gasteiger partial charge in [0.15, 0.2) is 0 Å². The Morgan fingerprint density at radius 1 is 1.57 bits per heavy atom. The summed E-state index contributed by atoms with van der Waals surface area (Å²) in [5.74, 6) is -2.04. The van der Waals surface area contributed by atoms with E-state index in [2.05, 4.69) is 10.1 Å². The third kappa shape index (κ3) is 3.14. The monoisotopic (exact) mass is 319 g/mol. The van der Waals surface area contributed by atoms with Crippen LogP contribution in [0.3, 0.4) is 0 Å². The molecule has 1 aromatic rings. The highest BCUT2D eigenvalue weighted by atomic mass is 19.1. The molecule has 0 radical (unpaired) electrons. The number of carbonyl (C=O) groups excluding carboxylic acids is 2. The van der Waals surface area contributed by atoms with E-state index >= 15 is 0 Å². The van der Waals surface area contributed by atoms with Crippen molar-refractivity contribution < 1.29 is 23.8 Å². The van der Waals surface area contributed by atoms with Gasteiger partial charge in [-0.15, -0.1) is 0 Å². The van der Waals surface area contributed by atoms with E-state index in [-0.39, 0.29) is 42.2 Å². The molecule has 23 heavy (non-hydrogen) atoms. The van der Waals surface area contributed by atoms with Crippen LogP contribution in [-0.4, -0.2) is 48.7 Å². The minimum Gasteiger partial charge on any atom is -0.466 e. The largest absolute Gasteiger partial charge is 0.466 e. The third-order valence-corrected chi connectivity index (χ3v) is 3.34. The lowest BCUT2D eigenvalue weighted by atomic mass is 10.1. The molecular weight excluding hydrogens is 305 g/mol. The normalized spacial score (nSPS) is 14.0. The summed E-state index contributed by atoms with van der Waals surface area (Å²) in [6.45, 7) is -0.325. The molecule has 0 unspecified atom stereocenters. The fourth-order valence-corrected chi connectivity index (χ4v) is 2.22. The number of nitrogens with zero attached hydrogens (tertiary/aromatic N) is 2. The van der Waals surface area contributed by atoms with E-state index in [4.69, 9.17) is 10.4 Å². The summed E-state index contributed by atoms with van der Waals surface area (Å²) >= 11 is 0. The summed E-state index contributed by atoms with van der Waals surface area (Å²) in [6.07, 6.45) is 0. The SMILES string of the molecule is COC(=O)C1=C(Nc2c(F)cccc2C#N)C(=O)N(CCO)C1. The van der Waals surface area contributed by atoms with Gasteiger partial charge in [0.25, 0.3) is 5.91 Å². The van der Waals surface area contributed by atoms with E-state index in [1.165, 1.54) is 17.0 Å². The molecule has 7 nitrogen and oxygen atoms in total. The second-order valence-electron chi connectivity index (χ2n) is 4.69. The maximum Gasteiger partial charge on any atom is 0.337 e. The number of rotatable bonds is 5. The number of nitriles is 1. The van der Waals surface area contributed by atoms with Crippen molar-refractivity contribution in [3.63, 3.8) is 0 Å². The van der Waals surface area contributed by atoms with Crippen LogP contribution in [0.1, 0.15) is 5.56 Å². The number of nitrogens with one attached hydrogen (secondary N) is 1. The summed E-state index contributed by atoms with van der Waals surface area (Å²) in [4.78, 5) is 25.4. The zero-order valence-corrected chi connectivity index (χ0v) is 12.3. The van der Waals surface area contributed by atoms with Crippen LogP contribution in [0.5, 0.6) is 0 Å². The second kappa shape index (κ2) is 6.89. The van der Waals surface area contributed by atoms with E-state index in [0.717, 1.165) is 13.2 Å². The minimum atomic E-state index is -0.740. The molecule has 0 fully saturated rings. The van der Waals surface area contributed by atoms with Gasteiger partial charge in [0.05, 0.1) is 37.1 Å². The Morgan fingerprint density at radius 2 is 2.30 bits per heavy atom. The molecule has 1 aliphatic heterocycles. The smallest absolute Gasteiger partial charge is 0.337 e. The summed E-state index contributed by atoms with van der Waals surface area (Å²) < 4.78 is 18.6. The van der Waals surface area contributed by atoms with E-state index in [9.17, 15) is 14.0 Å². The number of halogens is 1. The van der Waals surface area contributed by atoms with E-state index < -0.39 is 17.7 Å². The van der Waals surface area contributed by atoms with Crippen LogP contribution in [0.25, 0.3) is 0 Å². The fourth-order valence-electron chi connectivity index (χ4n) is 2.22. The summed E-state index contributed by atoms with van der Waals surface area (Å²) in [7, 11) is 1.16. The van der Waals surface area contributed by atoms with Gasteiger partial charge in [0, 0.05) is 6.54 Å².